The standard InChI is InChI=1S/C25H31FN4O3/c1-27(33-3)25(31)23-18-30(24-10-9-21(32-2)17-22(23)24)12-4-11-28-13-15-29(16-14-28)20-7-5-19(26)6-8-20/h5-10,17-18H,4,11-16H2,1-3H3. The van der Waals surface area contributed by atoms with Crippen molar-refractivity contribution in [3.63, 3.8) is 0 Å². The number of methoxy groups -OCH3 is 1. The van der Waals surface area contributed by atoms with Crippen LogP contribution in [0.3, 0.4) is 0 Å². The molecule has 1 aromatic heterocycles. The lowest BCUT2D eigenvalue weighted by Gasteiger charge is -2.36. The lowest BCUT2D eigenvalue weighted by molar-refractivity contribution is -0.0755. The lowest BCUT2D eigenvalue weighted by Crippen LogP contribution is -2.46. The van der Waals surface area contributed by atoms with Crippen LogP contribution in [0.15, 0.2) is 48.7 Å². The summed E-state index contributed by atoms with van der Waals surface area (Å²) in [5.74, 6) is 0.326. The molecule has 0 saturated carbocycles. The van der Waals surface area contributed by atoms with Crippen molar-refractivity contribution in [2.24, 2.45) is 0 Å². The van der Waals surface area contributed by atoms with Gasteiger partial charge in [-0.3, -0.25) is 14.5 Å². The number of hydroxylamine groups is 2. The molecule has 7 nitrogen and oxygen atoms in total. The van der Waals surface area contributed by atoms with E-state index < -0.39 is 0 Å². The number of piperazine rings is 1. The SMILES string of the molecule is COc1ccc2c(c1)c(C(=O)N(C)OC)cn2CCCN1CCN(c2ccc(F)cc2)CC1. The Balaban J connectivity index is 1.38. The van der Waals surface area contributed by atoms with E-state index in [4.69, 9.17) is 9.57 Å². The molecule has 1 aliphatic heterocycles. The highest BCUT2D eigenvalue weighted by molar-refractivity contribution is 6.06. The Labute approximate surface area is 193 Å². The van der Waals surface area contributed by atoms with Crippen LogP contribution in [-0.4, -0.2) is 74.4 Å². The van der Waals surface area contributed by atoms with Gasteiger partial charge in [0, 0.05) is 62.6 Å². The van der Waals surface area contributed by atoms with Crippen molar-refractivity contribution in [1.29, 1.82) is 0 Å². The summed E-state index contributed by atoms with van der Waals surface area (Å²) in [4.78, 5) is 22.7. The highest BCUT2D eigenvalue weighted by Crippen LogP contribution is 2.27. The number of amides is 1. The summed E-state index contributed by atoms with van der Waals surface area (Å²) < 4.78 is 20.7. The number of rotatable bonds is 8. The maximum Gasteiger partial charge on any atom is 0.279 e. The molecule has 2 aromatic carbocycles. The zero-order chi connectivity index (χ0) is 23.4. The number of halogens is 1. The first-order chi connectivity index (χ1) is 16.0. The zero-order valence-corrected chi connectivity index (χ0v) is 19.5. The zero-order valence-electron chi connectivity index (χ0n) is 19.5. The minimum absolute atomic E-state index is 0.189. The minimum atomic E-state index is -0.202. The van der Waals surface area contributed by atoms with E-state index in [1.165, 1.54) is 24.3 Å². The molecule has 176 valence electrons. The minimum Gasteiger partial charge on any atom is -0.497 e. The van der Waals surface area contributed by atoms with Crippen LogP contribution >= 0.6 is 0 Å². The highest BCUT2D eigenvalue weighted by Gasteiger charge is 2.20. The van der Waals surface area contributed by atoms with Gasteiger partial charge in [0.25, 0.3) is 5.91 Å². The topological polar surface area (TPSA) is 50.2 Å². The van der Waals surface area contributed by atoms with Crippen molar-refractivity contribution >= 4 is 22.5 Å². The Morgan fingerprint density at radius 2 is 1.76 bits per heavy atom. The average Bonchev–Trinajstić information content (AvgIpc) is 3.21. The first-order valence-corrected chi connectivity index (χ1v) is 11.2. The Morgan fingerprint density at radius 3 is 2.42 bits per heavy atom. The number of aryl methyl sites for hydroxylation is 1. The average molecular weight is 455 g/mol. The number of ether oxygens (including phenoxy) is 1. The van der Waals surface area contributed by atoms with Crippen molar-refractivity contribution in [1.82, 2.24) is 14.5 Å². The van der Waals surface area contributed by atoms with Crippen LogP contribution in [0.25, 0.3) is 10.9 Å². The molecule has 0 bridgehead atoms. The molecule has 1 aliphatic rings. The number of nitrogens with zero attached hydrogens (tertiary/aromatic N) is 4. The van der Waals surface area contributed by atoms with Crippen molar-refractivity contribution in [3.05, 3.63) is 60.0 Å². The number of carbonyl (C=O) groups excluding carboxylic acids is 1. The summed E-state index contributed by atoms with van der Waals surface area (Å²) in [7, 11) is 4.71. The van der Waals surface area contributed by atoms with Gasteiger partial charge in [-0.2, -0.15) is 0 Å². The van der Waals surface area contributed by atoms with E-state index in [9.17, 15) is 9.18 Å². The molecule has 0 N–H and O–H groups in total. The normalized spacial score (nSPS) is 14.6. The summed E-state index contributed by atoms with van der Waals surface area (Å²) in [6, 6.07) is 12.5. The van der Waals surface area contributed by atoms with E-state index in [0.29, 0.717) is 11.3 Å². The van der Waals surface area contributed by atoms with Gasteiger partial charge in [0.15, 0.2) is 0 Å². The van der Waals surface area contributed by atoms with Gasteiger partial charge in [0.2, 0.25) is 0 Å². The van der Waals surface area contributed by atoms with E-state index in [0.717, 1.165) is 62.3 Å². The second-order valence-corrected chi connectivity index (χ2v) is 8.26. The van der Waals surface area contributed by atoms with Gasteiger partial charge in [0.05, 0.1) is 19.8 Å². The molecule has 0 unspecified atom stereocenters. The van der Waals surface area contributed by atoms with Gasteiger partial charge < -0.3 is 14.2 Å². The van der Waals surface area contributed by atoms with Crippen LogP contribution in [-0.2, 0) is 11.4 Å². The van der Waals surface area contributed by atoms with Gasteiger partial charge in [-0.25, -0.2) is 9.45 Å². The van der Waals surface area contributed by atoms with Gasteiger partial charge in [-0.15, -0.1) is 0 Å². The van der Waals surface area contributed by atoms with E-state index in [1.807, 2.05) is 36.5 Å². The first-order valence-electron chi connectivity index (χ1n) is 11.2. The monoisotopic (exact) mass is 454 g/mol. The smallest absolute Gasteiger partial charge is 0.279 e. The molecular formula is C25H31FN4O3. The van der Waals surface area contributed by atoms with Gasteiger partial charge in [-0.05, 0) is 55.4 Å². The third-order valence-corrected chi connectivity index (χ3v) is 6.32. The van der Waals surface area contributed by atoms with Crippen LogP contribution in [0.5, 0.6) is 5.75 Å². The molecule has 8 heteroatoms. The number of hydrogen-bond acceptors (Lipinski definition) is 5. The van der Waals surface area contributed by atoms with Gasteiger partial charge in [-0.1, -0.05) is 0 Å². The first kappa shape index (κ1) is 23.1. The quantitative estimate of drug-likeness (QED) is 0.487. The number of anilines is 1. The maximum atomic E-state index is 13.2. The van der Waals surface area contributed by atoms with Crippen LogP contribution in [0, 0.1) is 5.82 Å². The molecule has 1 fully saturated rings. The van der Waals surface area contributed by atoms with E-state index in [1.54, 1.807) is 14.2 Å². The summed E-state index contributed by atoms with van der Waals surface area (Å²) in [5.41, 5.74) is 2.68. The third-order valence-electron chi connectivity index (χ3n) is 6.32. The molecule has 0 aliphatic carbocycles. The maximum absolute atomic E-state index is 13.2. The summed E-state index contributed by atoms with van der Waals surface area (Å²) in [6.07, 6.45) is 2.88. The molecule has 0 atom stereocenters. The molecule has 3 aromatic rings. The van der Waals surface area contributed by atoms with Gasteiger partial charge in [0.1, 0.15) is 11.6 Å². The fourth-order valence-electron chi connectivity index (χ4n) is 4.36. The Kier molecular flexibility index (Phi) is 7.15. The molecule has 33 heavy (non-hydrogen) atoms. The van der Waals surface area contributed by atoms with Crippen molar-refractivity contribution in [2.45, 2.75) is 13.0 Å². The highest BCUT2D eigenvalue weighted by atomic mass is 19.1. The fourth-order valence-corrected chi connectivity index (χ4v) is 4.36. The summed E-state index contributed by atoms with van der Waals surface area (Å²) in [6.45, 7) is 5.60. The number of aromatic nitrogens is 1. The van der Waals surface area contributed by atoms with E-state index >= 15 is 0 Å². The summed E-state index contributed by atoms with van der Waals surface area (Å²) in [5, 5.41) is 2.09. The van der Waals surface area contributed by atoms with E-state index in [2.05, 4.69) is 14.4 Å². The number of hydrogen-bond donors (Lipinski definition) is 0. The predicted octanol–water partition coefficient (Wildman–Crippen LogP) is 3.63. The third kappa shape index (κ3) is 5.12. The molecule has 4 rings (SSSR count). The van der Waals surface area contributed by atoms with Crippen LogP contribution in [0.1, 0.15) is 16.8 Å². The second kappa shape index (κ2) is 10.2. The molecule has 1 saturated heterocycles. The van der Waals surface area contributed by atoms with Gasteiger partial charge >= 0.3 is 0 Å². The summed E-state index contributed by atoms with van der Waals surface area (Å²) >= 11 is 0. The molecule has 2 heterocycles. The number of carbonyl (C=O) groups is 1. The largest absolute Gasteiger partial charge is 0.497 e. The predicted molar refractivity (Wildman–Crippen MR) is 127 cm³/mol. The Morgan fingerprint density at radius 1 is 1.03 bits per heavy atom. The second-order valence-electron chi connectivity index (χ2n) is 8.26. The fraction of sp³-hybridized carbons (Fsp3) is 0.400. The van der Waals surface area contributed by atoms with Crippen LogP contribution in [0.2, 0.25) is 0 Å². The van der Waals surface area contributed by atoms with Crippen molar-refractivity contribution in [3.8, 4) is 5.75 Å². The van der Waals surface area contributed by atoms with Crippen molar-refractivity contribution < 1.29 is 18.8 Å². The molecule has 1 amide bonds. The number of benzene rings is 2. The Bertz CT molecular complexity index is 1090. The van der Waals surface area contributed by atoms with Crippen molar-refractivity contribution in [2.75, 3.05) is 58.9 Å². The van der Waals surface area contributed by atoms with E-state index in [-0.39, 0.29) is 11.7 Å². The molecule has 0 spiro atoms. The van der Waals surface area contributed by atoms with Crippen LogP contribution in [0.4, 0.5) is 10.1 Å². The van der Waals surface area contributed by atoms with Crippen LogP contribution < -0.4 is 9.64 Å². The molecule has 0 radical (unpaired) electrons. The number of fused-ring (bicyclic) bond motifs is 1. The lowest BCUT2D eigenvalue weighted by atomic mass is 10.1. The molecular weight excluding hydrogens is 423 g/mol. The Hall–Kier alpha value is -3.10.